The van der Waals surface area contributed by atoms with Gasteiger partial charge in [0.25, 0.3) is 0 Å². The number of ether oxygens (including phenoxy) is 2. The number of rotatable bonds is 4. The van der Waals surface area contributed by atoms with E-state index in [0.29, 0.717) is 18.1 Å². The van der Waals surface area contributed by atoms with Gasteiger partial charge in [-0.25, -0.2) is 0 Å². The third-order valence-electron chi connectivity index (χ3n) is 5.38. The number of halogens is 1. The Morgan fingerprint density at radius 1 is 1.23 bits per heavy atom. The first-order chi connectivity index (χ1) is 14.4. The molecule has 1 aromatic heterocycles. The topological polar surface area (TPSA) is 97.0 Å². The summed E-state index contributed by atoms with van der Waals surface area (Å²) in [6.45, 7) is 6.42. The number of fused-ring (bicyclic) bond motifs is 1. The molecule has 2 aromatic carbocycles. The van der Waals surface area contributed by atoms with Crippen molar-refractivity contribution in [1.82, 2.24) is 10.2 Å². The van der Waals surface area contributed by atoms with Crippen molar-refractivity contribution in [2.45, 2.75) is 33.3 Å². The third kappa shape index (κ3) is 3.44. The van der Waals surface area contributed by atoms with Crippen molar-refractivity contribution in [2.24, 2.45) is 5.73 Å². The van der Waals surface area contributed by atoms with Crippen molar-refractivity contribution in [3.8, 4) is 17.7 Å². The molecule has 2 heterocycles. The molecule has 1 aliphatic rings. The number of nitriles is 1. The van der Waals surface area contributed by atoms with Crippen molar-refractivity contribution in [3.63, 3.8) is 0 Å². The van der Waals surface area contributed by atoms with Gasteiger partial charge >= 0.3 is 0 Å². The van der Waals surface area contributed by atoms with E-state index in [-0.39, 0.29) is 11.8 Å². The van der Waals surface area contributed by atoms with Crippen molar-refractivity contribution in [2.75, 3.05) is 0 Å². The third-order valence-corrected chi connectivity index (χ3v) is 6.04. The fourth-order valence-corrected chi connectivity index (χ4v) is 4.21. The summed E-state index contributed by atoms with van der Waals surface area (Å²) in [5.74, 6) is 0.938. The van der Waals surface area contributed by atoms with Crippen molar-refractivity contribution in [3.05, 3.63) is 85.8 Å². The van der Waals surface area contributed by atoms with Gasteiger partial charge in [-0.1, -0.05) is 24.3 Å². The van der Waals surface area contributed by atoms with Gasteiger partial charge in [-0.15, -0.1) is 5.10 Å². The number of nitrogens with one attached hydrogen (secondary N) is 1. The van der Waals surface area contributed by atoms with Gasteiger partial charge in [0.2, 0.25) is 11.8 Å². The van der Waals surface area contributed by atoms with Gasteiger partial charge in [0.05, 0.1) is 10.4 Å². The van der Waals surface area contributed by atoms with E-state index in [1.807, 2.05) is 38.1 Å². The molecule has 0 fully saturated rings. The zero-order valence-corrected chi connectivity index (χ0v) is 18.5. The number of aromatic nitrogens is 2. The summed E-state index contributed by atoms with van der Waals surface area (Å²) in [4.78, 5) is 0. The largest absolute Gasteiger partial charge is 0.488 e. The lowest BCUT2D eigenvalue weighted by molar-refractivity contribution is 0.303. The Labute approximate surface area is 183 Å². The molecule has 3 N–H and O–H groups in total. The van der Waals surface area contributed by atoms with Crippen LogP contribution in [0.4, 0.5) is 0 Å². The number of allylic oxidation sites excluding steroid dienone is 1. The van der Waals surface area contributed by atoms with Crippen LogP contribution in [0, 0.1) is 32.1 Å². The van der Waals surface area contributed by atoms with Crippen molar-refractivity contribution in [1.29, 1.82) is 5.26 Å². The van der Waals surface area contributed by atoms with Crippen molar-refractivity contribution < 1.29 is 9.47 Å². The van der Waals surface area contributed by atoms with Crippen molar-refractivity contribution >= 4 is 15.9 Å². The van der Waals surface area contributed by atoms with Crippen LogP contribution < -0.4 is 15.2 Å². The van der Waals surface area contributed by atoms with Gasteiger partial charge in [-0.2, -0.15) is 5.26 Å². The second-order valence-corrected chi connectivity index (χ2v) is 8.20. The predicted molar refractivity (Wildman–Crippen MR) is 117 cm³/mol. The molecule has 0 unspecified atom stereocenters. The molecule has 0 spiro atoms. The Morgan fingerprint density at radius 3 is 2.73 bits per heavy atom. The van der Waals surface area contributed by atoms with E-state index < -0.39 is 0 Å². The Bertz CT molecular complexity index is 1210. The molecule has 152 valence electrons. The molecule has 30 heavy (non-hydrogen) atoms. The van der Waals surface area contributed by atoms with E-state index in [1.54, 1.807) is 0 Å². The first-order valence-corrected chi connectivity index (χ1v) is 10.3. The molecule has 4 rings (SSSR count). The predicted octanol–water partition coefficient (Wildman–Crippen LogP) is 4.89. The summed E-state index contributed by atoms with van der Waals surface area (Å²) in [5.41, 5.74) is 12.3. The highest BCUT2D eigenvalue weighted by atomic mass is 79.9. The minimum atomic E-state index is -0.347. The molecular formula is C23H21BrN4O2. The van der Waals surface area contributed by atoms with Crippen LogP contribution in [0.25, 0.3) is 0 Å². The molecule has 0 saturated carbocycles. The monoisotopic (exact) mass is 464 g/mol. The highest BCUT2D eigenvalue weighted by Gasteiger charge is 2.35. The second kappa shape index (κ2) is 7.88. The normalized spacial score (nSPS) is 15.4. The highest BCUT2D eigenvalue weighted by Crippen LogP contribution is 2.44. The number of para-hydroxylation sites is 1. The van der Waals surface area contributed by atoms with Gasteiger partial charge in [0, 0.05) is 11.3 Å². The molecule has 1 atom stereocenters. The number of aryl methyl sites for hydroxylation is 3. The smallest absolute Gasteiger partial charge is 0.244 e. The van der Waals surface area contributed by atoms with Crippen LogP contribution in [0.15, 0.2) is 52.3 Å². The first kappa shape index (κ1) is 20.0. The highest BCUT2D eigenvalue weighted by molar-refractivity contribution is 9.10. The van der Waals surface area contributed by atoms with Gasteiger partial charge < -0.3 is 15.2 Å². The number of H-pyrrole nitrogens is 1. The number of nitrogens with zero attached hydrogens (tertiary/aromatic N) is 2. The van der Waals surface area contributed by atoms with E-state index in [0.717, 1.165) is 43.7 Å². The van der Waals surface area contributed by atoms with E-state index in [1.165, 1.54) is 0 Å². The quantitative estimate of drug-likeness (QED) is 0.572. The zero-order valence-electron chi connectivity index (χ0n) is 16.9. The Kier molecular flexibility index (Phi) is 5.27. The van der Waals surface area contributed by atoms with Crippen LogP contribution in [0.3, 0.4) is 0 Å². The minimum Gasteiger partial charge on any atom is -0.488 e. The van der Waals surface area contributed by atoms with Gasteiger partial charge in [0.15, 0.2) is 0 Å². The maximum atomic E-state index is 9.82. The number of benzene rings is 2. The lowest BCUT2D eigenvalue weighted by Gasteiger charge is -2.26. The van der Waals surface area contributed by atoms with Gasteiger partial charge in [-0.3, -0.25) is 5.10 Å². The number of hydrogen-bond acceptors (Lipinski definition) is 5. The SMILES string of the molecule is Cc1cc(C)c([C@H]2C(C#N)=C(N)Oc3n[nH]c(C)c32)cc1COc1ccccc1Br. The van der Waals surface area contributed by atoms with Crippen LogP contribution in [0.1, 0.15) is 39.4 Å². The number of aromatic amines is 1. The molecule has 0 amide bonds. The Balaban J connectivity index is 1.78. The molecule has 0 bridgehead atoms. The standard InChI is InChI=1S/C23H21BrN4O2/c1-12-8-13(2)16(9-15(12)11-29-19-7-5-4-6-18(19)24)21-17(10-25)22(26)30-23-20(21)14(3)27-28-23/h4-9,21H,11,26H2,1-3H3,(H,27,28)/t21-/m0/s1. The first-order valence-electron chi connectivity index (χ1n) is 9.50. The van der Waals surface area contributed by atoms with E-state index >= 15 is 0 Å². The van der Waals surface area contributed by atoms with Crippen LogP contribution in [0.2, 0.25) is 0 Å². The maximum Gasteiger partial charge on any atom is 0.244 e. The molecule has 0 saturated heterocycles. The fraction of sp³-hybridized carbons (Fsp3) is 0.217. The molecule has 6 nitrogen and oxygen atoms in total. The average Bonchev–Trinajstić information content (AvgIpc) is 3.08. The summed E-state index contributed by atoms with van der Waals surface area (Å²) in [7, 11) is 0. The number of hydrogen-bond donors (Lipinski definition) is 2. The minimum absolute atomic E-state index is 0.0903. The molecule has 0 radical (unpaired) electrons. The summed E-state index contributed by atoms with van der Waals surface area (Å²) in [6, 6.07) is 14.2. The summed E-state index contributed by atoms with van der Waals surface area (Å²) >= 11 is 3.52. The second-order valence-electron chi connectivity index (χ2n) is 7.35. The lowest BCUT2D eigenvalue weighted by Crippen LogP contribution is -2.21. The fourth-order valence-electron chi connectivity index (χ4n) is 3.81. The van der Waals surface area contributed by atoms with Crippen LogP contribution in [-0.4, -0.2) is 10.2 Å². The molecule has 1 aliphatic heterocycles. The Morgan fingerprint density at radius 2 is 2.00 bits per heavy atom. The Hall–Kier alpha value is -3.24. The summed E-state index contributed by atoms with van der Waals surface area (Å²) in [5, 5.41) is 17.0. The zero-order chi connectivity index (χ0) is 21.4. The average molecular weight is 465 g/mol. The maximum absolute atomic E-state index is 9.82. The molecule has 7 heteroatoms. The van der Waals surface area contributed by atoms with E-state index in [9.17, 15) is 5.26 Å². The van der Waals surface area contributed by atoms with Gasteiger partial charge in [-0.05, 0) is 71.1 Å². The molecule has 0 aliphatic carbocycles. The lowest BCUT2D eigenvalue weighted by atomic mass is 9.81. The summed E-state index contributed by atoms with van der Waals surface area (Å²) in [6.07, 6.45) is 0. The number of nitrogens with two attached hydrogens (primary N) is 1. The van der Waals surface area contributed by atoms with Crippen LogP contribution >= 0.6 is 15.9 Å². The summed E-state index contributed by atoms with van der Waals surface area (Å²) < 4.78 is 12.5. The van der Waals surface area contributed by atoms with E-state index in [2.05, 4.69) is 51.3 Å². The molecule has 3 aromatic rings. The molecular weight excluding hydrogens is 444 g/mol. The van der Waals surface area contributed by atoms with Crippen LogP contribution in [-0.2, 0) is 6.61 Å². The van der Waals surface area contributed by atoms with Crippen LogP contribution in [0.5, 0.6) is 11.6 Å². The van der Waals surface area contributed by atoms with E-state index in [4.69, 9.17) is 15.2 Å². The van der Waals surface area contributed by atoms with Gasteiger partial charge in [0.1, 0.15) is 24.0 Å².